The van der Waals surface area contributed by atoms with Crippen LogP contribution in [0.1, 0.15) is 42.2 Å². The van der Waals surface area contributed by atoms with Gasteiger partial charge >= 0.3 is 5.97 Å². The summed E-state index contributed by atoms with van der Waals surface area (Å²) in [6.07, 6.45) is 0. The molecule has 0 spiro atoms. The number of benzene rings is 2. The highest BCUT2D eigenvalue weighted by atomic mass is 16.4. The zero-order valence-electron chi connectivity index (χ0n) is 15.4. The summed E-state index contributed by atoms with van der Waals surface area (Å²) in [5.74, 6) is -1.48. The molecular weight excluding hydrogens is 344 g/mol. The van der Waals surface area contributed by atoms with Crippen LogP contribution >= 0.6 is 0 Å². The number of hydrogen-bond acceptors (Lipinski definition) is 3. The van der Waals surface area contributed by atoms with Crippen LogP contribution in [0.3, 0.4) is 0 Å². The highest BCUT2D eigenvalue weighted by molar-refractivity contribution is 6.04. The molecule has 1 saturated heterocycles. The lowest BCUT2D eigenvalue weighted by molar-refractivity contribution is 0.0531. The van der Waals surface area contributed by atoms with Crippen LogP contribution in [0.2, 0.25) is 0 Å². The Labute approximate surface area is 158 Å². The van der Waals surface area contributed by atoms with Crippen molar-refractivity contribution in [3.63, 3.8) is 0 Å². The summed E-state index contributed by atoms with van der Waals surface area (Å²) < 4.78 is 0. The van der Waals surface area contributed by atoms with E-state index in [2.05, 4.69) is 0 Å². The van der Waals surface area contributed by atoms with Crippen molar-refractivity contribution in [1.82, 2.24) is 9.80 Å². The van der Waals surface area contributed by atoms with Gasteiger partial charge < -0.3 is 14.9 Å². The quantitative estimate of drug-likeness (QED) is 0.906. The van der Waals surface area contributed by atoms with Gasteiger partial charge in [0.15, 0.2) is 0 Å². The van der Waals surface area contributed by atoms with Crippen LogP contribution in [0.15, 0.2) is 42.5 Å². The number of carbonyl (C=O) groups excluding carboxylic acids is 2. The molecule has 6 nitrogen and oxygen atoms in total. The van der Waals surface area contributed by atoms with Crippen molar-refractivity contribution in [1.29, 1.82) is 0 Å². The molecule has 0 aliphatic carbocycles. The molecule has 27 heavy (non-hydrogen) atoms. The van der Waals surface area contributed by atoms with Gasteiger partial charge in [-0.15, -0.1) is 0 Å². The first-order chi connectivity index (χ1) is 12.9. The molecule has 2 amide bonds. The zero-order valence-corrected chi connectivity index (χ0v) is 15.4. The molecule has 0 unspecified atom stereocenters. The molecule has 0 aromatic heterocycles. The smallest absolute Gasteiger partial charge is 0.336 e. The van der Waals surface area contributed by atoms with E-state index < -0.39 is 5.97 Å². The number of rotatable bonds is 3. The first-order valence-corrected chi connectivity index (χ1v) is 8.86. The van der Waals surface area contributed by atoms with Gasteiger partial charge in [0.05, 0.1) is 11.1 Å². The second-order valence-corrected chi connectivity index (χ2v) is 6.73. The summed E-state index contributed by atoms with van der Waals surface area (Å²) in [6, 6.07) is 11.8. The Morgan fingerprint density at radius 3 is 1.89 bits per heavy atom. The van der Waals surface area contributed by atoms with Crippen molar-refractivity contribution in [2.75, 3.05) is 26.2 Å². The molecule has 0 saturated carbocycles. The maximum atomic E-state index is 12.7. The van der Waals surface area contributed by atoms with E-state index in [1.54, 1.807) is 21.9 Å². The largest absolute Gasteiger partial charge is 0.478 e. The normalized spacial score (nSPS) is 14.1. The standard InChI is InChI=1S/C21H22N2O4/c1-14-7-8-16(13-15(14)2)19(24)22-9-11-23(12-10-22)20(25)17-5-3-4-6-18(17)21(26)27/h3-8,13H,9-12H2,1-2H3,(H,26,27). The molecule has 0 atom stereocenters. The Morgan fingerprint density at radius 1 is 0.778 bits per heavy atom. The van der Waals surface area contributed by atoms with Gasteiger partial charge in [0.25, 0.3) is 11.8 Å². The van der Waals surface area contributed by atoms with Gasteiger partial charge in [-0.25, -0.2) is 4.79 Å². The predicted octanol–water partition coefficient (Wildman–Crippen LogP) is 2.60. The third-order valence-electron chi connectivity index (χ3n) is 5.00. The average Bonchev–Trinajstić information content (AvgIpc) is 2.69. The number of hydrogen-bond donors (Lipinski definition) is 1. The summed E-state index contributed by atoms with van der Waals surface area (Å²) in [4.78, 5) is 40.1. The van der Waals surface area contributed by atoms with E-state index in [0.29, 0.717) is 31.7 Å². The lowest BCUT2D eigenvalue weighted by Crippen LogP contribution is -2.50. The number of piperazine rings is 1. The Hall–Kier alpha value is -3.15. The monoisotopic (exact) mass is 366 g/mol. The van der Waals surface area contributed by atoms with Gasteiger partial charge in [0, 0.05) is 31.7 Å². The van der Waals surface area contributed by atoms with E-state index in [1.807, 2.05) is 32.0 Å². The Bertz CT molecular complexity index is 899. The van der Waals surface area contributed by atoms with Crippen LogP contribution in [-0.4, -0.2) is 58.9 Å². The first kappa shape index (κ1) is 18.6. The van der Waals surface area contributed by atoms with Crippen molar-refractivity contribution in [2.45, 2.75) is 13.8 Å². The fourth-order valence-electron chi connectivity index (χ4n) is 3.20. The Balaban J connectivity index is 1.68. The number of aryl methyl sites for hydroxylation is 2. The molecular formula is C21H22N2O4. The highest BCUT2D eigenvalue weighted by Crippen LogP contribution is 2.16. The number of carboxylic acids is 1. The van der Waals surface area contributed by atoms with Crippen LogP contribution in [0, 0.1) is 13.8 Å². The summed E-state index contributed by atoms with van der Waals surface area (Å²) >= 11 is 0. The molecule has 3 rings (SSSR count). The molecule has 6 heteroatoms. The molecule has 1 aliphatic rings. The minimum atomic E-state index is -1.12. The Kier molecular flexibility index (Phi) is 5.26. The third-order valence-corrected chi connectivity index (χ3v) is 5.00. The van der Waals surface area contributed by atoms with Gasteiger partial charge in [0.1, 0.15) is 0 Å². The van der Waals surface area contributed by atoms with E-state index in [-0.39, 0.29) is 22.9 Å². The van der Waals surface area contributed by atoms with Gasteiger partial charge in [-0.2, -0.15) is 0 Å². The zero-order chi connectivity index (χ0) is 19.6. The minimum absolute atomic E-state index is 0.00358. The maximum Gasteiger partial charge on any atom is 0.336 e. The molecule has 2 aromatic rings. The van der Waals surface area contributed by atoms with Gasteiger partial charge in [-0.05, 0) is 49.2 Å². The van der Waals surface area contributed by atoms with E-state index in [4.69, 9.17) is 0 Å². The summed E-state index contributed by atoms with van der Waals surface area (Å²) in [6.45, 7) is 5.58. The van der Waals surface area contributed by atoms with Crippen molar-refractivity contribution < 1.29 is 19.5 Å². The Morgan fingerprint density at radius 2 is 1.33 bits per heavy atom. The topological polar surface area (TPSA) is 77.9 Å². The second-order valence-electron chi connectivity index (χ2n) is 6.73. The summed E-state index contributed by atoms with van der Waals surface area (Å²) in [7, 11) is 0. The second kappa shape index (κ2) is 7.61. The van der Waals surface area contributed by atoms with Crippen molar-refractivity contribution in [3.05, 3.63) is 70.3 Å². The molecule has 1 heterocycles. The predicted molar refractivity (Wildman–Crippen MR) is 101 cm³/mol. The third kappa shape index (κ3) is 3.84. The lowest BCUT2D eigenvalue weighted by atomic mass is 10.0. The minimum Gasteiger partial charge on any atom is -0.478 e. The molecule has 2 aromatic carbocycles. The van der Waals surface area contributed by atoms with Crippen molar-refractivity contribution >= 4 is 17.8 Å². The van der Waals surface area contributed by atoms with Gasteiger partial charge in [-0.3, -0.25) is 9.59 Å². The van der Waals surface area contributed by atoms with Gasteiger partial charge in [-0.1, -0.05) is 18.2 Å². The molecule has 0 radical (unpaired) electrons. The maximum absolute atomic E-state index is 12.7. The molecule has 0 bridgehead atoms. The van der Waals surface area contributed by atoms with Crippen LogP contribution in [0.4, 0.5) is 0 Å². The van der Waals surface area contributed by atoms with Crippen LogP contribution in [0.25, 0.3) is 0 Å². The SMILES string of the molecule is Cc1ccc(C(=O)N2CCN(C(=O)c3ccccc3C(=O)O)CC2)cc1C. The van der Waals surface area contributed by atoms with Crippen LogP contribution in [-0.2, 0) is 0 Å². The number of carboxylic acid groups (broad SMARTS) is 1. The number of aromatic carboxylic acids is 1. The number of carbonyl (C=O) groups is 3. The highest BCUT2D eigenvalue weighted by Gasteiger charge is 2.27. The number of amides is 2. The molecule has 1 fully saturated rings. The fraction of sp³-hybridized carbons (Fsp3) is 0.286. The van der Waals surface area contributed by atoms with Gasteiger partial charge in [0.2, 0.25) is 0 Å². The van der Waals surface area contributed by atoms with Crippen LogP contribution < -0.4 is 0 Å². The van der Waals surface area contributed by atoms with Crippen molar-refractivity contribution in [3.8, 4) is 0 Å². The molecule has 140 valence electrons. The van der Waals surface area contributed by atoms with Crippen molar-refractivity contribution in [2.24, 2.45) is 0 Å². The summed E-state index contributed by atoms with van der Waals surface area (Å²) in [5, 5.41) is 9.27. The van der Waals surface area contributed by atoms with E-state index in [1.165, 1.54) is 12.1 Å². The average molecular weight is 366 g/mol. The number of nitrogens with zero attached hydrogens (tertiary/aromatic N) is 2. The lowest BCUT2D eigenvalue weighted by Gasteiger charge is -2.35. The first-order valence-electron chi connectivity index (χ1n) is 8.86. The molecule has 1 N–H and O–H groups in total. The van der Waals surface area contributed by atoms with E-state index in [9.17, 15) is 19.5 Å². The molecule has 1 aliphatic heterocycles. The van der Waals surface area contributed by atoms with E-state index in [0.717, 1.165) is 11.1 Å². The van der Waals surface area contributed by atoms with Crippen LogP contribution in [0.5, 0.6) is 0 Å². The fourth-order valence-corrected chi connectivity index (χ4v) is 3.20. The van der Waals surface area contributed by atoms with E-state index >= 15 is 0 Å². The summed E-state index contributed by atoms with van der Waals surface area (Å²) in [5.41, 5.74) is 3.03.